The lowest BCUT2D eigenvalue weighted by Crippen LogP contribution is -2.28. The zero-order chi connectivity index (χ0) is 24.7. The second-order valence-corrected chi connectivity index (χ2v) is 8.31. The monoisotopic (exact) mass is 464 g/mol. The summed E-state index contributed by atoms with van der Waals surface area (Å²) in [7, 11) is 1.16. The Balaban J connectivity index is 1.60. The van der Waals surface area contributed by atoms with Gasteiger partial charge in [0.1, 0.15) is 30.5 Å². The molecule has 0 fully saturated rings. The molecule has 178 valence electrons. The number of ketones is 1. The van der Waals surface area contributed by atoms with Gasteiger partial charge in [0.25, 0.3) is 5.78 Å². The number of carbonyl (C=O) groups excluding carboxylic acids is 3. The van der Waals surface area contributed by atoms with Gasteiger partial charge in [0.15, 0.2) is 0 Å². The number of esters is 2. The van der Waals surface area contributed by atoms with Crippen LogP contribution in [0.2, 0.25) is 0 Å². The summed E-state index contributed by atoms with van der Waals surface area (Å²) >= 11 is 0. The Labute approximate surface area is 198 Å². The van der Waals surface area contributed by atoms with Crippen molar-refractivity contribution in [1.29, 1.82) is 0 Å². The van der Waals surface area contributed by atoms with Gasteiger partial charge in [-0.2, -0.15) is 0 Å². The summed E-state index contributed by atoms with van der Waals surface area (Å²) in [5.41, 5.74) is -0.344. The highest BCUT2D eigenvalue weighted by Crippen LogP contribution is 2.31. The summed E-state index contributed by atoms with van der Waals surface area (Å²) < 4.78 is 21.6. The van der Waals surface area contributed by atoms with Gasteiger partial charge in [-0.15, -0.1) is 0 Å². The molecule has 3 aromatic rings. The minimum absolute atomic E-state index is 0.227. The van der Waals surface area contributed by atoms with Crippen LogP contribution >= 0.6 is 0 Å². The molecular formula is C27H28O7. The van der Waals surface area contributed by atoms with E-state index in [9.17, 15) is 14.4 Å². The Bertz CT molecular complexity index is 1180. The number of Topliss-reactive ketones (excluding diaryl/α,β-unsaturated/α-hetero) is 1. The molecule has 34 heavy (non-hydrogen) atoms. The van der Waals surface area contributed by atoms with E-state index in [-0.39, 0.29) is 24.7 Å². The van der Waals surface area contributed by atoms with Gasteiger partial charge in [0.2, 0.25) is 0 Å². The summed E-state index contributed by atoms with van der Waals surface area (Å²) in [4.78, 5) is 35.6. The Morgan fingerprint density at radius 2 is 1.50 bits per heavy atom. The first-order chi connectivity index (χ1) is 16.2. The smallest absolute Gasteiger partial charge is 0.379 e. The Kier molecular flexibility index (Phi) is 7.89. The first-order valence-corrected chi connectivity index (χ1v) is 11.0. The lowest BCUT2D eigenvalue weighted by molar-refractivity contribution is -0.144. The van der Waals surface area contributed by atoms with Gasteiger partial charge >= 0.3 is 11.9 Å². The molecule has 0 saturated heterocycles. The van der Waals surface area contributed by atoms with Crippen molar-refractivity contribution in [2.45, 2.75) is 27.2 Å². The average Bonchev–Trinajstić information content (AvgIpc) is 2.86. The predicted molar refractivity (Wildman–Crippen MR) is 127 cm³/mol. The zero-order valence-electron chi connectivity index (χ0n) is 19.8. The molecule has 0 spiro atoms. The van der Waals surface area contributed by atoms with Crippen LogP contribution < -0.4 is 14.2 Å². The second-order valence-electron chi connectivity index (χ2n) is 8.31. The Morgan fingerprint density at radius 3 is 2.15 bits per heavy atom. The third kappa shape index (κ3) is 5.92. The molecule has 0 heterocycles. The quantitative estimate of drug-likeness (QED) is 0.137. The highest BCUT2D eigenvalue weighted by molar-refractivity contribution is 6.40. The van der Waals surface area contributed by atoms with E-state index in [1.54, 1.807) is 18.2 Å². The maximum absolute atomic E-state index is 12.5. The van der Waals surface area contributed by atoms with E-state index in [0.29, 0.717) is 23.7 Å². The Morgan fingerprint density at radius 1 is 0.853 bits per heavy atom. The summed E-state index contributed by atoms with van der Waals surface area (Å²) in [5.74, 6) is -0.250. The number of carbonyl (C=O) groups is 3. The molecule has 0 aliphatic carbocycles. The van der Waals surface area contributed by atoms with E-state index >= 15 is 0 Å². The molecule has 0 radical (unpaired) electrons. The van der Waals surface area contributed by atoms with Crippen LogP contribution in [-0.2, 0) is 14.3 Å². The minimum Gasteiger partial charge on any atom is -0.490 e. The summed E-state index contributed by atoms with van der Waals surface area (Å²) in [5, 5.41) is 1.72. The molecule has 0 aliphatic heterocycles. The number of hydrogen-bond donors (Lipinski definition) is 0. The van der Waals surface area contributed by atoms with Crippen molar-refractivity contribution < 1.29 is 33.3 Å². The predicted octanol–water partition coefficient (Wildman–Crippen LogP) is 4.99. The summed E-state index contributed by atoms with van der Waals surface area (Å²) in [6.45, 7) is 6.22. The van der Waals surface area contributed by atoms with Crippen LogP contribution in [0.15, 0.2) is 60.7 Å². The summed E-state index contributed by atoms with van der Waals surface area (Å²) in [6.07, 6.45) is 0.676. The van der Waals surface area contributed by atoms with E-state index in [1.165, 1.54) is 12.1 Å². The topological polar surface area (TPSA) is 88.1 Å². The zero-order valence-corrected chi connectivity index (χ0v) is 19.8. The normalized spacial score (nSPS) is 11.1. The van der Waals surface area contributed by atoms with Gasteiger partial charge in [-0.25, -0.2) is 4.79 Å². The molecule has 0 unspecified atom stereocenters. The number of benzene rings is 3. The lowest BCUT2D eigenvalue weighted by atomic mass is 9.91. The van der Waals surface area contributed by atoms with E-state index in [1.807, 2.05) is 51.1 Å². The van der Waals surface area contributed by atoms with Crippen molar-refractivity contribution in [3.63, 3.8) is 0 Å². The lowest BCUT2D eigenvalue weighted by Gasteiger charge is -2.20. The van der Waals surface area contributed by atoms with Crippen LogP contribution in [0.3, 0.4) is 0 Å². The molecule has 0 amide bonds. The van der Waals surface area contributed by atoms with Crippen molar-refractivity contribution in [2.24, 2.45) is 5.41 Å². The van der Waals surface area contributed by atoms with Crippen molar-refractivity contribution >= 4 is 28.5 Å². The molecule has 0 aromatic heterocycles. The van der Waals surface area contributed by atoms with Crippen LogP contribution in [-0.4, -0.2) is 38.0 Å². The Hall–Kier alpha value is -3.87. The molecule has 7 heteroatoms. The molecule has 0 aliphatic rings. The fourth-order valence-corrected chi connectivity index (χ4v) is 3.02. The highest BCUT2D eigenvalue weighted by atomic mass is 16.5. The molecule has 7 nitrogen and oxygen atoms in total. The van der Waals surface area contributed by atoms with Gasteiger partial charge in [0.05, 0.1) is 12.5 Å². The minimum atomic E-state index is -0.913. The first kappa shape index (κ1) is 24.8. The number of rotatable bonds is 10. The third-order valence-electron chi connectivity index (χ3n) is 5.56. The van der Waals surface area contributed by atoms with Gasteiger partial charge in [-0.3, -0.25) is 9.59 Å². The van der Waals surface area contributed by atoms with Crippen LogP contribution in [0.1, 0.15) is 37.6 Å². The molecule has 0 N–H and O–H groups in total. The average molecular weight is 465 g/mol. The van der Waals surface area contributed by atoms with Gasteiger partial charge in [0, 0.05) is 10.9 Å². The molecule has 0 bridgehead atoms. The van der Waals surface area contributed by atoms with Crippen molar-refractivity contribution in [2.75, 3.05) is 20.3 Å². The van der Waals surface area contributed by atoms with Gasteiger partial charge in [-0.1, -0.05) is 25.1 Å². The maximum atomic E-state index is 12.5. The van der Waals surface area contributed by atoms with Crippen LogP contribution in [0.4, 0.5) is 0 Å². The maximum Gasteiger partial charge on any atom is 0.379 e. The molecule has 0 saturated carbocycles. The van der Waals surface area contributed by atoms with Crippen molar-refractivity contribution in [3.05, 3.63) is 66.2 Å². The van der Waals surface area contributed by atoms with Crippen molar-refractivity contribution in [3.8, 4) is 17.2 Å². The highest BCUT2D eigenvalue weighted by Gasteiger charge is 2.28. The number of methoxy groups -OCH3 is 1. The van der Waals surface area contributed by atoms with Gasteiger partial charge in [-0.05, 0) is 68.1 Å². The molecular weight excluding hydrogens is 436 g/mol. The second kappa shape index (κ2) is 10.8. The van der Waals surface area contributed by atoms with Gasteiger partial charge < -0.3 is 18.9 Å². The number of hydrogen-bond acceptors (Lipinski definition) is 7. The number of ether oxygens (including phenoxy) is 4. The molecule has 0 atom stereocenters. The summed E-state index contributed by atoms with van der Waals surface area (Å²) in [6, 6.07) is 17.4. The molecule has 3 aromatic carbocycles. The fourth-order valence-electron chi connectivity index (χ4n) is 3.02. The van der Waals surface area contributed by atoms with E-state index < -0.39 is 17.2 Å². The third-order valence-corrected chi connectivity index (χ3v) is 5.56. The van der Waals surface area contributed by atoms with Crippen LogP contribution in [0, 0.1) is 5.41 Å². The number of fused-ring (bicyclic) bond motifs is 1. The standard InChI is InChI=1S/C27H28O7/c1-5-27(2,3)26(30)34-23-8-6-7-18-9-14-21(17-22(18)23)33-16-15-32-20-12-10-19(11-13-20)24(28)25(29)31-4/h6-14,17H,5,15-16H2,1-4H3. The van der Waals surface area contributed by atoms with E-state index in [4.69, 9.17) is 14.2 Å². The SMILES string of the molecule is CCC(C)(C)C(=O)Oc1cccc2ccc(OCCOc3ccc(C(=O)C(=O)OC)cc3)cc12. The first-order valence-electron chi connectivity index (χ1n) is 11.0. The van der Waals surface area contributed by atoms with Crippen LogP contribution in [0.5, 0.6) is 17.2 Å². The van der Waals surface area contributed by atoms with E-state index in [0.717, 1.165) is 17.9 Å². The van der Waals surface area contributed by atoms with Crippen LogP contribution in [0.25, 0.3) is 10.8 Å². The fraction of sp³-hybridized carbons (Fsp3) is 0.296. The largest absolute Gasteiger partial charge is 0.490 e. The van der Waals surface area contributed by atoms with Crippen molar-refractivity contribution in [1.82, 2.24) is 0 Å². The van der Waals surface area contributed by atoms with E-state index in [2.05, 4.69) is 4.74 Å². The molecule has 3 rings (SSSR count).